The van der Waals surface area contributed by atoms with E-state index in [4.69, 9.17) is 10.7 Å². The Morgan fingerprint density at radius 3 is 2.42 bits per heavy atom. The Kier molecular flexibility index (Phi) is 5.90. The third kappa shape index (κ3) is 4.64. The number of carbonyl (C=O) groups is 1. The number of esters is 1. The average Bonchev–Trinajstić information content (AvgIpc) is 3.43. The lowest BCUT2D eigenvalue weighted by molar-refractivity contribution is -0.205. The van der Waals surface area contributed by atoms with Gasteiger partial charge in [0.05, 0.1) is 5.69 Å². The third-order valence-corrected chi connectivity index (χ3v) is 5.35. The monoisotopic (exact) mass is 490 g/mol. The second-order valence-corrected chi connectivity index (χ2v) is 7.75. The molecule has 3 aromatic heterocycles. The molecule has 5 aromatic rings. The van der Waals surface area contributed by atoms with E-state index in [1.165, 1.54) is 12.1 Å². The molecule has 5 rings (SSSR count). The highest BCUT2D eigenvalue weighted by molar-refractivity contribution is 5.90. The van der Waals surface area contributed by atoms with Crippen LogP contribution in [-0.4, -0.2) is 36.6 Å². The number of carbonyl (C=O) groups excluding carboxylic acids is 1. The van der Waals surface area contributed by atoms with E-state index >= 15 is 0 Å². The van der Waals surface area contributed by atoms with Crippen molar-refractivity contribution in [1.82, 2.24) is 24.5 Å². The number of halogens is 3. The maximum Gasteiger partial charge on any atom is 0.490 e. The lowest BCUT2D eigenvalue weighted by atomic mass is 9.97. The van der Waals surface area contributed by atoms with Gasteiger partial charge in [-0.15, -0.1) is 0 Å². The number of ether oxygens (including phenoxy) is 1. The van der Waals surface area contributed by atoms with Crippen molar-refractivity contribution in [3.8, 4) is 28.3 Å². The minimum atomic E-state index is -5.13. The fourth-order valence-electron chi connectivity index (χ4n) is 3.59. The van der Waals surface area contributed by atoms with E-state index in [1.807, 2.05) is 36.4 Å². The Morgan fingerprint density at radius 2 is 1.75 bits per heavy atom. The number of aromatic nitrogens is 5. The number of fused-ring (bicyclic) bond motifs is 1. The van der Waals surface area contributed by atoms with Gasteiger partial charge in [0, 0.05) is 40.7 Å². The van der Waals surface area contributed by atoms with Gasteiger partial charge in [-0.1, -0.05) is 54.6 Å². The summed E-state index contributed by atoms with van der Waals surface area (Å²) in [5.41, 5.74) is 9.27. The summed E-state index contributed by atoms with van der Waals surface area (Å²) in [6, 6.07) is 17.8. The molecule has 0 saturated carbocycles. The van der Waals surface area contributed by atoms with Gasteiger partial charge in [0.25, 0.3) is 0 Å². The van der Waals surface area contributed by atoms with Gasteiger partial charge in [-0.3, -0.25) is 10.3 Å². The van der Waals surface area contributed by atoms with Crippen LogP contribution in [0.2, 0.25) is 0 Å². The van der Waals surface area contributed by atoms with Gasteiger partial charge < -0.3 is 4.74 Å². The number of benzene rings is 2. The number of hydrogen-bond acceptors (Lipinski definition) is 7. The fraction of sp³-hybridized carbons (Fsp3) is 0.0800. The lowest BCUT2D eigenvalue weighted by Crippen LogP contribution is -2.29. The van der Waals surface area contributed by atoms with Crippen LogP contribution in [0.1, 0.15) is 11.8 Å². The molecule has 0 saturated heterocycles. The lowest BCUT2D eigenvalue weighted by Gasteiger charge is -2.16. The highest BCUT2D eigenvalue weighted by atomic mass is 19.4. The van der Waals surface area contributed by atoms with Gasteiger partial charge in [0.2, 0.25) is 5.95 Å². The first-order chi connectivity index (χ1) is 17.3. The van der Waals surface area contributed by atoms with Crippen LogP contribution in [0.3, 0.4) is 0 Å². The highest BCUT2D eigenvalue weighted by Crippen LogP contribution is 2.33. The molecule has 180 valence electrons. The summed E-state index contributed by atoms with van der Waals surface area (Å²) in [6.07, 6.45) is -0.116. The zero-order chi connectivity index (χ0) is 25.3. The highest BCUT2D eigenvalue weighted by Gasteiger charge is 2.42. The number of hydrogen-bond donors (Lipinski definition) is 1. The second-order valence-electron chi connectivity index (χ2n) is 7.75. The molecule has 36 heavy (non-hydrogen) atoms. The van der Waals surface area contributed by atoms with E-state index in [0.29, 0.717) is 22.9 Å². The number of imidazole rings is 1. The van der Waals surface area contributed by atoms with Crippen molar-refractivity contribution in [2.45, 2.75) is 12.4 Å². The van der Waals surface area contributed by atoms with Gasteiger partial charge in [-0.2, -0.15) is 18.2 Å². The molecule has 0 radical (unpaired) electrons. The van der Waals surface area contributed by atoms with E-state index in [1.54, 1.807) is 41.6 Å². The molecule has 0 aliphatic carbocycles. The molecule has 0 amide bonds. The normalized spacial score (nSPS) is 12.4. The Labute approximate surface area is 202 Å². The van der Waals surface area contributed by atoms with E-state index in [9.17, 15) is 18.0 Å². The van der Waals surface area contributed by atoms with Crippen molar-refractivity contribution < 1.29 is 22.7 Å². The fourth-order valence-corrected chi connectivity index (χ4v) is 3.59. The molecule has 11 heteroatoms. The van der Waals surface area contributed by atoms with Crippen LogP contribution >= 0.6 is 0 Å². The molecule has 0 bridgehead atoms. The van der Waals surface area contributed by atoms with Crippen LogP contribution in [-0.2, 0) is 9.53 Å². The maximum atomic E-state index is 12.5. The molecule has 0 fully saturated rings. The van der Waals surface area contributed by atoms with Crippen LogP contribution in [0.4, 0.5) is 13.2 Å². The Balaban J connectivity index is 1.56. The van der Waals surface area contributed by atoms with Gasteiger partial charge >= 0.3 is 12.1 Å². The first-order valence-electron chi connectivity index (χ1n) is 10.6. The summed E-state index contributed by atoms with van der Waals surface area (Å²) in [7, 11) is 0. The van der Waals surface area contributed by atoms with Crippen molar-refractivity contribution in [2.24, 2.45) is 5.73 Å². The first-order valence-corrected chi connectivity index (χ1v) is 10.6. The second kappa shape index (κ2) is 9.19. The molecule has 3 heterocycles. The van der Waals surface area contributed by atoms with E-state index in [0.717, 1.165) is 16.5 Å². The standard InChI is InChI=1S/C25H17F3N6O2/c26-25(27,28)23(35)36-21(29)17-8-6-16(7-9-17)20-19(15-4-2-1-3-5-15)12-18-13-31-24(33-22(18)32-20)34-11-10-30-14-34/h1-14,21H,29H2. The molecule has 2 N–H and O–H groups in total. The van der Waals surface area contributed by atoms with Crippen molar-refractivity contribution in [1.29, 1.82) is 0 Å². The number of nitrogens with two attached hydrogens (primary N) is 1. The number of pyridine rings is 1. The zero-order valence-electron chi connectivity index (χ0n) is 18.4. The quantitative estimate of drug-likeness (QED) is 0.283. The molecule has 1 unspecified atom stereocenters. The van der Waals surface area contributed by atoms with Crippen LogP contribution in [0.15, 0.2) is 85.6 Å². The largest absolute Gasteiger partial charge is 0.490 e. The van der Waals surface area contributed by atoms with Crippen molar-refractivity contribution in [3.63, 3.8) is 0 Å². The van der Waals surface area contributed by atoms with Crippen molar-refractivity contribution in [2.75, 3.05) is 0 Å². The van der Waals surface area contributed by atoms with Crippen LogP contribution < -0.4 is 5.73 Å². The van der Waals surface area contributed by atoms with E-state index < -0.39 is 18.4 Å². The Morgan fingerprint density at radius 1 is 1.00 bits per heavy atom. The Hall–Kier alpha value is -4.64. The zero-order valence-corrected chi connectivity index (χ0v) is 18.4. The van der Waals surface area contributed by atoms with Gasteiger partial charge in [0.1, 0.15) is 6.33 Å². The summed E-state index contributed by atoms with van der Waals surface area (Å²) in [5, 5.41) is 0.721. The maximum absolute atomic E-state index is 12.5. The molecule has 0 spiro atoms. The first kappa shape index (κ1) is 23.1. The SMILES string of the molecule is NC(OC(=O)C(F)(F)F)c1ccc(-c2nc3nc(-n4ccnc4)ncc3cc2-c2ccccc2)cc1. The molecule has 1 atom stereocenters. The summed E-state index contributed by atoms with van der Waals surface area (Å²) < 4.78 is 43.5. The third-order valence-electron chi connectivity index (χ3n) is 5.35. The van der Waals surface area contributed by atoms with Gasteiger partial charge in [0.15, 0.2) is 11.9 Å². The smallest absolute Gasteiger partial charge is 0.436 e. The van der Waals surface area contributed by atoms with Crippen LogP contribution in [0.5, 0.6) is 0 Å². The van der Waals surface area contributed by atoms with Gasteiger partial charge in [-0.25, -0.2) is 19.7 Å². The molecule has 0 aliphatic rings. The van der Waals surface area contributed by atoms with Crippen LogP contribution in [0.25, 0.3) is 39.4 Å². The number of nitrogens with zero attached hydrogens (tertiary/aromatic N) is 5. The van der Waals surface area contributed by atoms with Crippen molar-refractivity contribution >= 4 is 17.0 Å². The molecular weight excluding hydrogens is 473 g/mol. The predicted molar refractivity (Wildman–Crippen MR) is 124 cm³/mol. The predicted octanol–water partition coefficient (Wildman–Crippen LogP) is 4.61. The van der Waals surface area contributed by atoms with Crippen molar-refractivity contribution in [3.05, 3.63) is 91.1 Å². The van der Waals surface area contributed by atoms with Crippen LogP contribution in [0, 0.1) is 0 Å². The summed E-state index contributed by atoms with van der Waals surface area (Å²) >= 11 is 0. The van der Waals surface area contributed by atoms with E-state index in [-0.39, 0.29) is 5.56 Å². The molecular formula is C25H17F3N6O2. The molecule has 2 aromatic carbocycles. The molecule has 8 nitrogen and oxygen atoms in total. The minimum absolute atomic E-state index is 0.197. The van der Waals surface area contributed by atoms with E-state index in [2.05, 4.69) is 19.7 Å². The minimum Gasteiger partial charge on any atom is -0.436 e. The van der Waals surface area contributed by atoms with Gasteiger partial charge in [-0.05, 0) is 11.6 Å². The number of rotatable bonds is 5. The summed E-state index contributed by atoms with van der Waals surface area (Å²) in [5.74, 6) is -1.95. The summed E-state index contributed by atoms with van der Waals surface area (Å²) in [4.78, 5) is 28.9. The Bertz CT molecular complexity index is 1520. The summed E-state index contributed by atoms with van der Waals surface area (Å²) in [6.45, 7) is 0. The topological polar surface area (TPSA) is 109 Å². The number of alkyl halides is 3. The average molecular weight is 490 g/mol. The molecule has 0 aliphatic heterocycles.